The topological polar surface area (TPSA) is 46.2 Å². The van der Waals surface area contributed by atoms with Crippen LogP contribution in [0.15, 0.2) is 0 Å². The Morgan fingerprint density at radius 2 is 1.88 bits per heavy atom. The maximum absolute atomic E-state index is 11.8. The number of hydrogen-bond acceptors (Lipinski definition) is 3. The second-order valence-corrected chi connectivity index (χ2v) is 8.14. The molecule has 3 nitrogen and oxygen atoms in total. The van der Waals surface area contributed by atoms with Crippen LogP contribution in [0.25, 0.3) is 0 Å². The van der Waals surface area contributed by atoms with Gasteiger partial charge in [-0.25, -0.2) is 8.42 Å². The van der Waals surface area contributed by atoms with Gasteiger partial charge in [0.25, 0.3) is 0 Å². The molecule has 0 aromatic heterocycles. The first-order valence-corrected chi connectivity index (χ1v) is 8.61. The monoisotopic (exact) mass is 261 g/mol. The van der Waals surface area contributed by atoms with Gasteiger partial charge in [0, 0.05) is 0 Å². The predicted octanol–water partition coefficient (Wildman–Crippen LogP) is 2.23. The molecular formula is C13H27NO2S. The molecule has 0 heterocycles. The molecule has 1 aliphatic carbocycles. The van der Waals surface area contributed by atoms with Crippen molar-refractivity contribution >= 4 is 9.84 Å². The summed E-state index contributed by atoms with van der Waals surface area (Å²) in [7, 11) is -2.85. The van der Waals surface area contributed by atoms with E-state index in [0.717, 1.165) is 19.5 Å². The fourth-order valence-electron chi connectivity index (χ4n) is 2.64. The fourth-order valence-corrected chi connectivity index (χ4v) is 3.75. The fraction of sp³-hybridized carbons (Fsp3) is 1.00. The van der Waals surface area contributed by atoms with E-state index in [9.17, 15) is 8.42 Å². The Hall–Kier alpha value is -0.0900. The highest BCUT2D eigenvalue weighted by molar-refractivity contribution is 7.91. The van der Waals surface area contributed by atoms with E-state index in [1.54, 1.807) is 13.8 Å². The molecule has 2 atom stereocenters. The normalized spacial score (nSPS) is 25.6. The molecule has 2 unspecified atom stereocenters. The van der Waals surface area contributed by atoms with Crippen molar-refractivity contribution in [1.29, 1.82) is 0 Å². The molecule has 1 aliphatic rings. The summed E-state index contributed by atoms with van der Waals surface area (Å²) in [6.07, 6.45) is 4.60. The predicted molar refractivity (Wildman–Crippen MR) is 72.9 cm³/mol. The van der Waals surface area contributed by atoms with Gasteiger partial charge in [0.05, 0.1) is 11.0 Å². The average molecular weight is 261 g/mol. The Labute approximate surface area is 106 Å². The van der Waals surface area contributed by atoms with E-state index in [2.05, 4.69) is 12.2 Å². The second-order valence-electron chi connectivity index (χ2n) is 5.46. The lowest BCUT2D eigenvalue weighted by Gasteiger charge is -2.20. The highest BCUT2D eigenvalue weighted by atomic mass is 32.2. The molecular weight excluding hydrogens is 234 g/mol. The van der Waals surface area contributed by atoms with Crippen LogP contribution in [0.2, 0.25) is 0 Å². The minimum atomic E-state index is -2.85. The molecule has 0 radical (unpaired) electrons. The van der Waals surface area contributed by atoms with Crippen molar-refractivity contribution in [3.63, 3.8) is 0 Å². The number of sulfone groups is 1. The lowest BCUT2D eigenvalue weighted by atomic mass is 9.93. The maximum Gasteiger partial charge on any atom is 0.152 e. The molecule has 4 heteroatoms. The second kappa shape index (κ2) is 6.74. The zero-order valence-corrected chi connectivity index (χ0v) is 12.2. The minimum Gasteiger partial charge on any atom is -0.317 e. The molecule has 0 amide bonds. The molecule has 1 saturated carbocycles. The molecule has 0 aromatic carbocycles. The third-order valence-corrected chi connectivity index (χ3v) is 6.21. The lowest BCUT2D eigenvalue weighted by Crippen LogP contribution is -2.27. The van der Waals surface area contributed by atoms with Crippen LogP contribution in [0.3, 0.4) is 0 Å². The Bertz CT molecular complexity index is 311. The first-order valence-electron chi connectivity index (χ1n) is 6.89. The zero-order valence-electron chi connectivity index (χ0n) is 11.4. The number of nitrogens with one attached hydrogen (secondary N) is 1. The van der Waals surface area contributed by atoms with Gasteiger partial charge in [0.1, 0.15) is 0 Å². The summed E-state index contributed by atoms with van der Waals surface area (Å²) >= 11 is 0. The molecule has 0 spiro atoms. The zero-order chi connectivity index (χ0) is 12.9. The first kappa shape index (κ1) is 15.0. The molecule has 0 aliphatic heterocycles. The smallest absolute Gasteiger partial charge is 0.152 e. The van der Waals surface area contributed by atoms with Gasteiger partial charge in [0.15, 0.2) is 9.84 Å². The van der Waals surface area contributed by atoms with Gasteiger partial charge in [-0.15, -0.1) is 0 Å². The SMILES string of the molecule is CCNCC1CCCC1CCS(=O)(=O)C(C)C. The van der Waals surface area contributed by atoms with Gasteiger partial charge in [-0.1, -0.05) is 19.8 Å². The summed E-state index contributed by atoms with van der Waals surface area (Å²) in [5.74, 6) is 1.68. The van der Waals surface area contributed by atoms with Gasteiger partial charge in [-0.2, -0.15) is 0 Å². The van der Waals surface area contributed by atoms with Gasteiger partial charge >= 0.3 is 0 Å². The molecule has 17 heavy (non-hydrogen) atoms. The molecule has 0 aromatic rings. The third-order valence-electron chi connectivity index (χ3n) is 3.96. The van der Waals surface area contributed by atoms with Crippen LogP contribution in [0.5, 0.6) is 0 Å². The summed E-state index contributed by atoms with van der Waals surface area (Å²) < 4.78 is 23.6. The summed E-state index contributed by atoms with van der Waals surface area (Å²) in [6.45, 7) is 7.74. The summed E-state index contributed by atoms with van der Waals surface area (Å²) in [6, 6.07) is 0. The van der Waals surface area contributed by atoms with Crippen molar-refractivity contribution < 1.29 is 8.42 Å². The van der Waals surface area contributed by atoms with Gasteiger partial charge < -0.3 is 5.32 Å². The standard InChI is InChI=1S/C13H27NO2S/c1-4-14-10-13-7-5-6-12(13)8-9-17(15,16)11(2)3/h11-14H,4-10H2,1-3H3. The summed E-state index contributed by atoms with van der Waals surface area (Å²) in [4.78, 5) is 0. The van der Waals surface area contributed by atoms with Crippen molar-refractivity contribution in [2.45, 2.75) is 51.7 Å². The van der Waals surface area contributed by atoms with E-state index in [-0.39, 0.29) is 5.25 Å². The van der Waals surface area contributed by atoms with Crippen molar-refractivity contribution in [2.75, 3.05) is 18.8 Å². The Kier molecular flexibility index (Phi) is 5.93. The summed E-state index contributed by atoms with van der Waals surface area (Å²) in [5, 5.41) is 3.16. The van der Waals surface area contributed by atoms with Crippen molar-refractivity contribution in [2.24, 2.45) is 11.8 Å². The number of hydrogen-bond donors (Lipinski definition) is 1. The average Bonchev–Trinajstić information content (AvgIpc) is 2.71. The van der Waals surface area contributed by atoms with Crippen LogP contribution in [0, 0.1) is 11.8 Å². The van der Waals surface area contributed by atoms with E-state index >= 15 is 0 Å². The quantitative estimate of drug-likeness (QED) is 0.764. The molecule has 102 valence electrons. The van der Waals surface area contributed by atoms with Crippen LogP contribution in [0.4, 0.5) is 0 Å². The summed E-state index contributed by atoms with van der Waals surface area (Å²) in [5.41, 5.74) is 0. The van der Waals surface area contributed by atoms with Crippen molar-refractivity contribution in [1.82, 2.24) is 5.32 Å². The van der Waals surface area contributed by atoms with E-state index in [1.807, 2.05) is 0 Å². The van der Waals surface area contributed by atoms with E-state index < -0.39 is 9.84 Å². The Balaban J connectivity index is 2.40. The third kappa shape index (κ3) is 4.59. The van der Waals surface area contributed by atoms with E-state index in [4.69, 9.17) is 0 Å². The van der Waals surface area contributed by atoms with Gasteiger partial charge in [-0.05, 0) is 51.6 Å². The van der Waals surface area contributed by atoms with Crippen LogP contribution < -0.4 is 5.32 Å². The van der Waals surface area contributed by atoms with Crippen LogP contribution >= 0.6 is 0 Å². The lowest BCUT2D eigenvalue weighted by molar-refractivity contribution is 0.361. The molecule has 1 fully saturated rings. The van der Waals surface area contributed by atoms with Crippen LogP contribution in [-0.4, -0.2) is 32.5 Å². The highest BCUT2D eigenvalue weighted by Crippen LogP contribution is 2.34. The first-order chi connectivity index (χ1) is 7.97. The molecule has 0 saturated heterocycles. The van der Waals surface area contributed by atoms with E-state index in [0.29, 0.717) is 17.6 Å². The van der Waals surface area contributed by atoms with Crippen LogP contribution in [0.1, 0.15) is 46.5 Å². The number of rotatable bonds is 7. The molecule has 1 rings (SSSR count). The van der Waals surface area contributed by atoms with E-state index in [1.165, 1.54) is 19.3 Å². The maximum atomic E-state index is 11.8. The minimum absolute atomic E-state index is 0.226. The Morgan fingerprint density at radius 1 is 1.24 bits per heavy atom. The molecule has 0 bridgehead atoms. The van der Waals surface area contributed by atoms with Gasteiger partial charge in [0.2, 0.25) is 0 Å². The molecule has 1 N–H and O–H groups in total. The highest BCUT2D eigenvalue weighted by Gasteiger charge is 2.28. The Morgan fingerprint density at radius 3 is 2.47 bits per heavy atom. The van der Waals surface area contributed by atoms with Crippen molar-refractivity contribution in [3.05, 3.63) is 0 Å². The van der Waals surface area contributed by atoms with Crippen LogP contribution in [-0.2, 0) is 9.84 Å². The van der Waals surface area contributed by atoms with Gasteiger partial charge in [-0.3, -0.25) is 0 Å². The largest absolute Gasteiger partial charge is 0.317 e. The van der Waals surface area contributed by atoms with Crippen molar-refractivity contribution in [3.8, 4) is 0 Å².